The van der Waals surface area contributed by atoms with Gasteiger partial charge in [0.25, 0.3) is 0 Å². The van der Waals surface area contributed by atoms with Crippen LogP contribution in [0.15, 0.2) is 72.8 Å². The van der Waals surface area contributed by atoms with Gasteiger partial charge in [-0.2, -0.15) is 0 Å². The second-order valence-corrected chi connectivity index (χ2v) is 13.3. The molecule has 3 nitrogen and oxygen atoms in total. The molecule has 0 bridgehead atoms. The number of benzene rings is 3. The Kier molecular flexibility index (Phi) is 6.81. The minimum absolute atomic E-state index is 0.476. The van der Waals surface area contributed by atoms with Gasteiger partial charge in [-0.25, -0.2) is 0 Å². The molecule has 3 aromatic carbocycles. The third kappa shape index (κ3) is 5.01. The molecule has 0 fully saturated rings. The minimum Gasteiger partial charge on any atom is -0.497 e. The summed E-state index contributed by atoms with van der Waals surface area (Å²) in [6.07, 6.45) is 0. The van der Waals surface area contributed by atoms with Gasteiger partial charge >= 0.3 is 0 Å². The fourth-order valence-electron chi connectivity index (χ4n) is 3.62. The zero-order valence-electron chi connectivity index (χ0n) is 19.0. The maximum atomic E-state index is 6.24. The van der Waals surface area contributed by atoms with Crippen LogP contribution in [0.5, 0.6) is 5.75 Å². The molecule has 0 heterocycles. The van der Waals surface area contributed by atoms with E-state index in [0.29, 0.717) is 6.73 Å². The van der Waals surface area contributed by atoms with Crippen molar-refractivity contribution in [3.63, 3.8) is 0 Å². The van der Waals surface area contributed by atoms with Gasteiger partial charge in [0.15, 0.2) is 8.32 Å². The molecular weight excluding hydrogens is 386 g/mol. The molecule has 0 unspecified atom stereocenters. The first-order chi connectivity index (χ1) is 14.2. The van der Waals surface area contributed by atoms with Crippen molar-refractivity contribution in [2.24, 2.45) is 0 Å². The summed E-state index contributed by atoms with van der Waals surface area (Å²) in [7, 11) is 0.0217. The van der Waals surface area contributed by atoms with E-state index in [9.17, 15) is 0 Å². The predicted octanol–water partition coefficient (Wildman–Crippen LogP) is 6.00. The summed E-state index contributed by atoms with van der Waals surface area (Å²) >= 11 is 0. The van der Waals surface area contributed by atoms with Gasteiger partial charge in [0.2, 0.25) is 0 Å². The van der Waals surface area contributed by atoms with E-state index in [1.807, 2.05) is 12.1 Å². The fourth-order valence-corrected chi connectivity index (χ4v) is 4.12. The number of hydrogen-bond donors (Lipinski definition) is 1. The molecule has 0 aliphatic carbocycles. The lowest BCUT2D eigenvalue weighted by molar-refractivity contribution is 0.242. The van der Waals surface area contributed by atoms with Crippen molar-refractivity contribution in [3.8, 4) is 5.75 Å². The smallest absolute Gasteiger partial charge is 0.185 e. The minimum atomic E-state index is -1.67. The molecule has 0 saturated heterocycles. The van der Waals surface area contributed by atoms with Gasteiger partial charge in [-0.3, -0.25) is 5.32 Å². The van der Waals surface area contributed by atoms with Crippen LogP contribution in [0.1, 0.15) is 27.8 Å². The molecule has 0 aliphatic rings. The maximum absolute atomic E-state index is 6.24. The second-order valence-electron chi connectivity index (χ2n) is 8.79. The number of rotatable bonds is 8. The second kappa shape index (κ2) is 9.17. The van der Waals surface area contributed by atoms with Gasteiger partial charge in [0, 0.05) is 0 Å². The van der Waals surface area contributed by atoms with Crippen LogP contribution in [0.4, 0.5) is 0 Å². The lowest BCUT2D eigenvalue weighted by Crippen LogP contribution is -2.47. The van der Waals surface area contributed by atoms with Gasteiger partial charge < -0.3 is 9.16 Å². The molecule has 1 N–H and O–H groups in total. The van der Waals surface area contributed by atoms with Gasteiger partial charge in [0.05, 0.1) is 19.4 Å². The van der Waals surface area contributed by atoms with Crippen molar-refractivity contribution in [3.05, 3.63) is 101 Å². The Labute approximate surface area is 182 Å². The molecule has 0 spiro atoms. The summed E-state index contributed by atoms with van der Waals surface area (Å²) < 4.78 is 11.7. The van der Waals surface area contributed by atoms with E-state index in [0.717, 1.165) is 11.3 Å². The van der Waals surface area contributed by atoms with Gasteiger partial charge in [-0.05, 0) is 62.3 Å². The van der Waals surface area contributed by atoms with Crippen molar-refractivity contribution in [1.29, 1.82) is 0 Å². The highest BCUT2D eigenvalue weighted by Crippen LogP contribution is 2.38. The number of methoxy groups -OCH3 is 1. The van der Waals surface area contributed by atoms with Gasteiger partial charge in [-0.15, -0.1) is 0 Å². The molecular formula is C26H33NO2Si. The van der Waals surface area contributed by atoms with Crippen LogP contribution in [-0.4, -0.2) is 22.2 Å². The van der Waals surface area contributed by atoms with Crippen LogP contribution in [0.3, 0.4) is 0 Å². The van der Waals surface area contributed by atoms with Gasteiger partial charge in [-0.1, -0.05) is 71.8 Å². The topological polar surface area (TPSA) is 30.5 Å². The molecule has 0 amide bonds. The van der Waals surface area contributed by atoms with Crippen molar-refractivity contribution in [1.82, 2.24) is 5.32 Å². The van der Waals surface area contributed by atoms with Crippen LogP contribution in [0, 0.1) is 13.8 Å². The third-order valence-electron chi connectivity index (χ3n) is 5.33. The largest absolute Gasteiger partial charge is 0.497 e. The molecule has 0 aliphatic heterocycles. The molecule has 0 saturated carbocycles. The third-order valence-corrected chi connectivity index (χ3v) is 6.35. The first kappa shape index (κ1) is 22.3. The number of aryl methyl sites for hydroxylation is 2. The molecule has 158 valence electrons. The van der Waals surface area contributed by atoms with E-state index < -0.39 is 13.9 Å². The Morgan fingerprint density at radius 1 is 0.700 bits per heavy atom. The standard InChI is InChI=1S/C26H33NO2Si/c1-20-7-11-22(12-8-20)26(27-19-29-30(4,5)6,23-13-9-21(2)10-14-23)24-15-17-25(28-3)18-16-24/h7-18,27H,19H2,1-6H3. The number of nitrogens with one attached hydrogen (secondary N) is 1. The van der Waals surface area contributed by atoms with Crippen LogP contribution in [0.2, 0.25) is 19.6 Å². The maximum Gasteiger partial charge on any atom is 0.185 e. The zero-order chi connectivity index (χ0) is 21.8. The summed E-state index contributed by atoms with van der Waals surface area (Å²) in [5.74, 6) is 0.846. The summed E-state index contributed by atoms with van der Waals surface area (Å²) in [5.41, 5.74) is 5.46. The SMILES string of the molecule is COc1ccc(C(NCO[Si](C)(C)C)(c2ccc(C)cc2)c2ccc(C)cc2)cc1. The van der Waals surface area contributed by atoms with Crippen molar-refractivity contribution >= 4 is 8.32 Å². The van der Waals surface area contributed by atoms with E-state index in [1.54, 1.807) is 7.11 Å². The van der Waals surface area contributed by atoms with E-state index in [4.69, 9.17) is 9.16 Å². The number of ether oxygens (including phenoxy) is 1. The molecule has 3 rings (SSSR count). The van der Waals surface area contributed by atoms with Crippen molar-refractivity contribution < 1.29 is 9.16 Å². The zero-order valence-corrected chi connectivity index (χ0v) is 20.0. The van der Waals surface area contributed by atoms with Crippen LogP contribution >= 0.6 is 0 Å². The quantitative estimate of drug-likeness (QED) is 0.276. The average molecular weight is 420 g/mol. The Balaban J connectivity index is 2.20. The van der Waals surface area contributed by atoms with Gasteiger partial charge in [0.1, 0.15) is 5.75 Å². The van der Waals surface area contributed by atoms with Crippen LogP contribution in [-0.2, 0) is 9.96 Å². The Morgan fingerprint density at radius 3 is 1.47 bits per heavy atom. The molecule has 0 radical (unpaired) electrons. The van der Waals surface area contributed by atoms with Crippen molar-refractivity contribution in [2.45, 2.75) is 39.0 Å². The highest BCUT2D eigenvalue weighted by Gasteiger charge is 2.36. The summed E-state index contributed by atoms with van der Waals surface area (Å²) in [6.45, 7) is 11.3. The summed E-state index contributed by atoms with van der Waals surface area (Å²) in [4.78, 5) is 0. The van der Waals surface area contributed by atoms with E-state index in [-0.39, 0.29) is 0 Å². The highest BCUT2D eigenvalue weighted by atomic mass is 28.4. The van der Waals surface area contributed by atoms with Crippen molar-refractivity contribution in [2.75, 3.05) is 13.8 Å². The first-order valence-electron chi connectivity index (χ1n) is 10.4. The molecule has 0 atom stereocenters. The molecule has 30 heavy (non-hydrogen) atoms. The highest BCUT2D eigenvalue weighted by molar-refractivity contribution is 6.69. The Morgan fingerprint density at radius 2 is 1.10 bits per heavy atom. The Bertz CT molecular complexity index is 897. The first-order valence-corrected chi connectivity index (χ1v) is 13.8. The van der Waals surface area contributed by atoms with E-state index >= 15 is 0 Å². The average Bonchev–Trinajstić information content (AvgIpc) is 2.72. The monoisotopic (exact) mass is 419 g/mol. The fraction of sp³-hybridized carbons (Fsp3) is 0.308. The lowest BCUT2D eigenvalue weighted by atomic mass is 9.76. The molecule has 4 heteroatoms. The summed E-state index contributed by atoms with van der Waals surface area (Å²) in [6, 6.07) is 25.8. The molecule has 0 aromatic heterocycles. The van der Waals surface area contributed by atoms with E-state index in [2.05, 4.69) is 99.5 Å². The van der Waals surface area contributed by atoms with E-state index in [1.165, 1.54) is 22.3 Å². The Hall–Kier alpha value is -2.40. The lowest BCUT2D eigenvalue weighted by Gasteiger charge is -2.38. The summed E-state index contributed by atoms with van der Waals surface area (Å²) in [5, 5.41) is 3.79. The van der Waals surface area contributed by atoms with Crippen LogP contribution in [0.25, 0.3) is 0 Å². The molecule has 3 aromatic rings. The van der Waals surface area contributed by atoms with Crippen LogP contribution < -0.4 is 10.1 Å². The normalized spacial score (nSPS) is 12.1. The number of hydrogen-bond acceptors (Lipinski definition) is 3. The predicted molar refractivity (Wildman–Crippen MR) is 128 cm³/mol.